The standard InChI is InChI=1S/C40H31N2O.C11H8N.Ir/c1-26(2)33-13-16-37(42-25-33)40-24-34-21-31(14-17-39(34)43-40)36-22-32(12-15-35(36)30-11-7-8-27(3)20-30)38-23-29(18-19-41-38)28-9-5-4-6-10-28;1-2-6-10(7-3-1)11-8-4-5-9-12-11;/h4-11,13-26H,1-3H3;1-6,8-9H;/q2*-1;. The average Bonchev–Trinajstić information content (AvgIpc) is 3.69. The van der Waals surface area contributed by atoms with Gasteiger partial charge in [0.15, 0.2) is 5.76 Å². The Balaban J connectivity index is 0.000000315. The van der Waals surface area contributed by atoms with E-state index in [0.29, 0.717) is 5.92 Å². The van der Waals surface area contributed by atoms with Crippen LogP contribution in [0.3, 0.4) is 0 Å². The number of aryl methyl sites for hydroxylation is 1. The molecule has 0 unspecified atom stereocenters. The van der Waals surface area contributed by atoms with Crippen LogP contribution in [-0.4, -0.2) is 15.0 Å². The number of hydrogen-bond acceptors (Lipinski definition) is 4. The molecule has 0 aliphatic carbocycles. The number of furan rings is 1. The SMILES string of the molecule is Cc1cccc(-c2c[c-]c(-c3cc(-c4ccccc4)ccn3)cc2-c2ccc3oc(-c4ccc(C(C)C)cn4)cc3c2)c1.[Ir].[c-]1ccccc1-c1ccccn1. The molecule has 0 bridgehead atoms. The van der Waals surface area contributed by atoms with Crippen molar-refractivity contribution in [3.8, 4) is 67.3 Å². The Labute approximate surface area is 342 Å². The van der Waals surface area contributed by atoms with Gasteiger partial charge >= 0.3 is 0 Å². The van der Waals surface area contributed by atoms with Gasteiger partial charge in [-0.2, -0.15) is 0 Å². The van der Waals surface area contributed by atoms with Crippen molar-refractivity contribution in [2.75, 3.05) is 0 Å². The van der Waals surface area contributed by atoms with E-state index in [1.807, 2.05) is 67.0 Å². The second-order valence-electron chi connectivity index (χ2n) is 13.8. The molecule has 0 amide bonds. The summed E-state index contributed by atoms with van der Waals surface area (Å²) in [5, 5.41) is 1.04. The average molecular weight is 902 g/mol. The normalized spacial score (nSPS) is 10.8. The smallest absolute Gasteiger partial charge is 0.153 e. The van der Waals surface area contributed by atoms with Crippen molar-refractivity contribution in [2.45, 2.75) is 26.7 Å². The van der Waals surface area contributed by atoms with E-state index in [2.05, 4.69) is 146 Å². The summed E-state index contributed by atoms with van der Waals surface area (Å²) in [5.41, 5.74) is 14.8. The fourth-order valence-corrected chi connectivity index (χ4v) is 6.62. The molecule has 5 heteroatoms. The Morgan fingerprint density at radius 3 is 2.09 bits per heavy atom. The Morgan fingerprint density at radius 1 is 0.536 bits per heavy atom. The predicted octanol–water partition coefficient (Wildman–Crippen LogP) is 13.3. The fraction of sp³-hybridized carbons (Fsp3) is 0.0784. The Morgan fingerprint density at radius 2 is 1.34 bits per heavy atom. The number of hydrogen-bond donors (Lipinski definition) is 0. The molecule has 56 heavy (non-hydrogen) atoms. The van der Waals surface area contributed by atoms with E-state index in [1.54, 1.807) is 6.20 Å². The van der Waals surface area contributed by atoms with Crippen LogP contribution < -0.4 is 0 Å². The van der Waals surface area contributed by atoms with E-state index in [9.17, 15) is 0 Å². The molecule has 4 heterocycles. The quantitative estimate of drug-likeness (QED) is 0.150. The minimum atomic E-state index is 0. The number of aromatic nitrogens is 3. The van der Waals surface area contributed by atoms with Crippen molar-refractivity contribution in [3.05, 3.63) is 200 Å². The molecule has 0 atom stereocenters. The third kappa shape index (κ3) is 8.66. The van der Waals surface area contributed by atoms with E-state index >= 15 is 0 Å². The molecule has 0 fully saturated rings. The van der Waals surface area contributed by atoms with Crippen LogP contribution >= 0.6 is 0 Å². The molecule has 275 valence electrons. The van der Waals surface area contributed by atoms with Crippen molar-refractivity contribution in [3.63, 3.8) is 0 Å². The zero-order chi connectivity index (χ0) is 37.6. The first-order valence-electron chi connectivity index (χ1n) is 18.5. The zero-order valence-electron chi connectivity index (χ0n) is 31.4. The Kier molecular flexibility index (Phi) is 11.9. The summed E-state index contributed by atoms with van der Waals surface area (Å²) in [6.07, 6.45) is 5.60. The summed E-state index contributed by atoms with van der Waals surface area (Å²) < 4.78 is 6.25. The number of rotatable bonds is 7. The first kappa shape index (κ1) is 38.0. The van der Waals surface area contributed by atoms with E-state index in [0.717, 1.165) is 78.3 Å². The molecule has 9 aromatic rings. The largest absolute Gasteiger partial charge is 0.454 e. The summed E-state index contributed by atoms with van der Waals surface area (Å²) in [6.45, 7) is 6.47. The van der Waals surface area contributed by atoms with Crippen molar-refractivity contribution in [2.24, 2.45) is 0 Å². The molecule has 4 nitrogen and oxygen atoms in total. The molecule has 0 aliphatic rings. The maximum Gasteiger partial charge on any atom is 0.153 e. The van der Waals surface area contributed by atoms with Gasteiger partial charge in [-0.3, -0.25) is 4.98 Å². The zero-order valence-corrected chi connectivity index (χ0v) is 33.8. The summed E-state index contributed by atoms with van der Waals surface area (Å²) in [6, 6.07) is 60.5. The Hall–Kier alpha value is -6.26. The number of nitrogens with zero attached hydrogens (tertiary/aromatic N) is 3. The summed E-state index contributed by atoms with van der Waals surface area (Å²) in [7, 11) is 0. The van der Waals surface area contributed by atoms with Gasteiger partial charge in [0, 0.05) is 44.1 Å². The van der Waals surface area contributed by atoms with Crippen LogP contribution in [0.5, 0.6) is 0 Å². The minimum absolute atomic E-state index is 0. The topological polar surface area (TPSA) is 51.8 Å². The maximum atomic E-state index is 6.25. The van der Waals surface area contributed by atoms with Gasteiger partial charge in [-0.05, 0) is 82.9 Å². The van der Waals surface area contributed by atoms with Crippen LogP contribution in [0, 0.1) is 19.1 Å². The van der Waals surface area contributed by atoms with Crippen molar-refractivity contribution < 1.29 is 24.5 Å². The first-order chi connectivity index (χ1) is 27.0. The number of benzene rings is 5. The number of pyridine rings is 3. The molecular weight excluding hydrogens is 863 g/mol. The second kappa shape index (κ2) is 17.5. The van der Waals surface area contributed by atoms with E-state index in [1.165, 1.54) is 11.1 Å². The van der Waals surface area contributed by atoms with Gasteiger partial charge in [0.2, 0.25) is 0 Å². The van der Waals surface area contributed by atoms with Crippen LogP contribution in [0.15, 0.2) is 181 Å². The first-order valence-corrected chi connectivity index (χ1v) is 18.5. The second-order valence-corrected chi connectivity index (χ2v) is 13.8. The van der Waals surface area contributed by atoms with E-state index < -0.39 is 0 Å². The van der Waals surface area contributed by atoms with E-state index in [4.69, 9.17) is 9.40 Å². The molecule has 0 saturated carbocycles. The van der Waals surface area contributed by atoms with Gasteiger partial charge in [-0.25, -0.2) is 0 Å². The maximum absolute atomic E-state index is 6.25. The number of fused-ring (bicyclic) bond motifs is 1. The van der Waals surface area contributed by atoms with Gasteiger partial charge in [-0.15, -0.1) is 59.7 Å². The van der Waals surface area contributed by atoms with Crippen LogP contribution in [0.1, 0.15) is 30.9 Å². The predicted molar refractivity (Wildman–Crippen MR) is 225 cm³/mol. The van der Waals surface area contributed by atoms with Gasteiger partial charge in [0.1, 0.15) is 11.3 Å². The third-order valence-corrected chi connectivity index (χ3v) is 9.61. The van der Waals surface area contributed by atoms with Crippen LogP contribution in [0.4, 0.5) is 0 Å². The van der Waals surface area contributed by atoms with Gasteiger partial charge in [0.05, 0.1) is 0 Å². The van der Waals surface area contributed by atoms with Crippen LogP contribution in [-0.2, 0) is 20.1 Å². The molecule has 9 rings (SSSR count). The molecule has 0 spiro atoms. The molecule has 0 aliphatic heterocycles. The minimum Gasteiger partial charge on any atom is -0.454 e. The molecule has 0 N–H and O–H groups in total. The molecular formula is C51H39IrN3O-2. The van der Waals surface area contributed by atoms with E-state index in [-0.39, 0.29) is 20.1 Å². The Bertz CT molecular complexity index is 2630. The van der Waals surface area contributed by atoms with Crippen molar-refractivity contribution in [1.82, 2.24) is 15.0 Å². The third-order valence-electron chi connectivity index (χ3n) is 9.61. The van der Waals surface area contributed by atoms with Gasteiger partial charge in [0.25, 0.3) is 0 Å². The van der Waals surface area contributed by atoms with Crippen LogP contribution in [0.25, 0.3) is 78.3 Å². The monoisotopic (exact) mass is 902 g/mol. The molecule has 4 aromatic heterocycles. The molecule has 1 radical (unpaired) electrons. The summed E-state index contributed by atoms with van der Waals surface area (Å²) >= 11 is 0. The summed E-state index contributed by atoms with van der Waals surface area (Å²) in [4.78, 5) is 13.6. The summed E-state index contributed by atoms with van der Waals surface area (Å²) in [5.74, 6) is 1.21. The van der Waals surface area contributed by atoms with Gasteiger partial charge in [-0.1, -0.05) is 121 Å². The molecule has 5 aromatic carbocycles. The molecule has 0 saturated heterocycles. The fourth-order valence-electron chi connectivity index (χ4n) is 6.62. The van der Waals surface area contributed by atoms with Crippen molar-refractivity contribution in [1.29, 1.82) is 0 Å². The van der Waals surface area contributed by atoms with Gasteiger partial charge < -0.3 is 14.4 Å². The van der Waals surface area contributed by atoms with Crippen LogP contribution in [0.2, 0.25) is 0 Å². The van der Waals surface area contributed by atoms with Crippen molar-refractivity contribution >= 4 is 11.0 Å².